The van der Waals surface area contributed by atoms with E-state index in [1.807, 2.05) is 0 Å². The van der Waals surface area contributed by atoms with E-state index < -0.39 is 0 Å². The highest BCUT2D eigenvalue weighted by atomic mass is 14.9. The minimum Gasteiger partial charge on any atom is -0.316 e. The van der Waals surface area contributed by atoms with Crippen LogP contribution in [0, 0.1) is 17.8 Å². The van der Waals surface area contributed by atoms with Crippen LogP contribution in [0.3, 0.4) is 0 Å². The molecule has 1 aliphatic carbocycles. The fourth-order valence-electron chi connectivity index (χ4n) is 2.43. The van der Waals surface area contributed by atoms with Crippen LogP contribution in [0.1, 0.15) is 19.8 Å². The Bertz CT molecular complexity index is 111. The summed E-state index contributed by atoms with van der Waals surface area (Å²) in [6, 6.07) is 0. The average Bonchev–Trinajstić information content (AvgIpc) is 2.35. The summed E-state index contributed by atoms with van der Waals surface area (Å²) in [5.74, 6) is 3.08. The van der Waals surface area contributed by atoms with Gasteiger partial charge in [0, 0.05) is 0 Å². The van der Waals surface area contributed by atoms with Crippen LogP contribution in [0.5, 0.6) is 0 Å². The van der Waals surface area contributed by atoms with Gasteiger partial charge in [-0.1, -0.05) is 13.3 Å². The first-order chi connectivity index (χ1) is 4.38. The first-order valence-electron chi connectivity index (χ1n) is 4.08. The highest BCUT2D eigenvalue weighted by molar-refractivity contribution is 4.89. The van der Waals surface area contributed by atoms with E-state index >= 15 is 0 Å². The normalized spacial score (nSPS) is 49.7. The van der Waals surface area contributed by atoms with E-state index in [9.17, 15) is 0 Å². The predicted molar refractivity (Wildman–Crippen MR) is 38.2 cm³/mol. The van der Waals surface area contributed by atoms with E-state index in [1.54, 1.807) is 0 Å². The second-order valence-corrected chi connectivity index (χ2v) is 3.64. The number of hydrogen-bond donors (Lipinski definition) is 1. The molecule has 2 rings (SSSR count). The van der Waals surface area contributed by atoms with Crippen molar-refractivity contribution in [3.8, 4) is 0 Å². The van der Waals surface area contributed by atoms with Crippen molar-refractivity contribution in [1.82, 2.24) is 5.32 Å². The fourth-order valence-corrected chi connectivity index (χ4v) is 2.43. The molecule has 2 aliphatic rings. The molecule has 0 spiro atoms. The molecule has 2 unspecified atom stereocenters. The van der Waals surface area contributed by atoms with Crippen molar-refractivity contribution in [3.05, 3.63) is 0 Å². The third kappa shape index (κ3) is 0.787. The molecule has 2 fully saturated rings. The van der Waals surface area contributed by atoms with Gasteiger partial charge in [0.25, 0.3) is 0 Å². The van der Waals surface area contributed by atoms with Crippen molar-refractivity contribution >= 4 is 0 Å². The second kappa shape index (κ2) is 1.98. The van der Waals surface area contributed by atoms with Crippen molar-refractivity contribution < 1.29 is 0 Å². The van der Waals surface area contributed by atoms with E-state index in [0.717, 1.165) is 17.8 Å². The molecular weight excluding hydrogens is 110 g/mol. The quantitative estimate of drug-likeness (QED) is 0.514. The van der Waals surface area contributed by atoms with Gasteiger partial charge in [-0.25, -0.2) is 0 Å². The highest BCUT2D eigenvalue weighted by Crippen LogP contribution is 2.38. The van der Waals surface area contributed by atoms with Gasteiger partial charge in [-0.2, -0.15) is 0 Å². The second-order valence-electron chi connectivity index (χ2n) is 3.64. The van der Waals surface area contributed by atoms with Crippen LogP contribution in [0.2, 0.25) is 0 Å². The van der Waals surface area contributed by atoms with Crippen LogP contribution in [-0.2, 0) is 0 Å². The molecule has 52 valence electrons. The zero-order chi connectivity index (χ0) is 6.27. The van der Waals surface area contributed by atoms with Gasteiger partial charge in [0.15, 0.2) is 0 Å². The minimum absolute atomic E-state index is 1.00. The first kappa shape index (κ1) is 5.72. The Morgan fingerprint density at radius 3 is 2.89 bits per heavy atom. The van der Waals surface area contributed by atoms with E-state index in [1.165, 1.54) is 25.9 Å². The third-order valence-corrected chi connectivity index (χ3v) is 3.12. The molecule has 0 radical (unpaired) electrons. The number of rotatable bonds is 0. The van der Waals surface area contributed by atoms with Crippen molar-refractivity contribution in [1.29, 1.82) is 0 Å². The molecule has 1 saturated heterocycles. The van der Waals surface area contributed by atoms with Gasteiger partial charge >= 0.3 is 0 Å². The summed E-state index contributed by atoms with van der Waals surface area (Å²) in [6.07, 6.45) is 2.97. The average molecular weight is 125 g/mol. The summed E-state index contributed by atoms with van der Waals surface area (Å²) in [5.41, 5.74) is 0. The summed E-state index contributed by atoms with van der Waals surface area (Å²) in [5, 5.41) is 3.45. The molecule has 1 saturated carbocycles. The van der Waals surface area contributed by atoms with Crippen LogP contribution in [-0.4, -0.2) is 13.1 Å². The summed E-state index contributed by atoms with van der Waals surface area (Å²) < 4.78 is 0. The molecule has 1 aliphatic heterocycles. The summed E-state index contributed by atoms with van der Waals surface area (Å²) in [7, 11) is 0. The molecule has 0 bridgehead atoms. The SMILES string of the molecule is C[C@@H]1CCC2CNCC21. The molecule has 0 aromatic heterocycles. The van der Waals surface area contributed by atoms with Gasteiger partial charge in [0.05, 0.1) is 0 Å². The lowest BCUT2D eigenvalue weighted by molar-refractivity contribution is 0.403. The van der Waals surface area contributed by atoms with Gasteiger partial charge in [0.1, 0.15) is 0 Å². The van der Waals surface area contributed by atoms with E-state index in [0.29, 0.717) is 0 Å². The lowest BCUT2D eigenvalue weighted by Gasteiger charge is -2.10. The zero-order valence-corrected chi connectivity index (χ0v) is 6.06. The van der Waals surface area contributed by atoms with Crippen molar-refractivity contribution in [3.63, 3.8) is 0 Å². The minimum atomic E-state index is 1.00. The molecule has 1 nitrogen and oxygen atoms in total. The Balaban J connectivity index is 2.07. The number of hydrogen-bond acceptors (Lipinski definition) is 1. The largest absolute Gasteiger partial charge is 0.316 e. The van der Waals surface area contributed by atoms with Crippen molar-refractivity contribution in [2.45, 2.75) is 19.8 Å². The lowest BCUT2D eigenvalue weighted by Crippen LogP contribution is -2.13. The molecule has 1 heterocycles. The standard InChI is InChI=1S/C8H15N/c1-6-2-3-7-4-9-5-8(6)7/h6-9H,2-5H2,1H3/t6-,7?,8?/m1/s1. The van der Waals surface area contributed by atoms with Gasteiger partial charge in [-0.3, -0.25) is 0 Å². The van der Waals surface area contributed by atoms with Crippen molar-refractivity contribution in [2.75, 3.05) is 13.1 Å². The lowest BCUT2D eigenvalue weighted by atomic mass is 9.94. The highest BCUT2D eigenvalue weighted by Gasteiger charge is 2.36. The summed E-state index contributed by atoms with van der Waals surface area (Å²) >= 11 is 0. The monoisotopic (exact) mass is 125 g/mol. The molecule has 0 amide bonds. The Morgan fingerprint density at radius 1 is 1.22 bits per heavy atom. The van der Waals surface area contributed by atoms with Gasteiger partial charge in [0.2, 0.25) is 0 Å². The molecular formula is C8H15N. The van der Waals surface area contributed by atoms with Crippen LogP contribution in [0.25, 0.3) is 0 Å². The van der Waals surface area contributed by atoms with Crippen LogP contribution in [0.4, 0.5) is 0 Å². The maximum atomic E-state index is 3.45. The fraction of sp³-hybridized carbons (Fsp3) is 1.00. The van der Waals surface area contributed by atoms with Gasteiger partial charge < -0.3 is 5.32 Å². The molecule has 9 heavy (non-hydrogen) atoms. The molecule has 0 aromatic rings. The Kier molecular flexibility index (Phi) is 1.26. The maximum absolute atomic E-state index is 3.45. The smallest absolute Gasteiger partial charge is 0.00147 e. The summed E-state index contributed by atoms with van der Waals surface area (Å²) in [4.78, 5) is 0. The van der Waals surface area contributed by atoms with Crippen LogP contribution < -0.4 is 5.32 Å². The van der Waals surface area contributed by atoms with Crippen LogP contribution >= 0.6 is 0 Å². The Labute approximate surface area is 56.8 Å². The topological polar surface area (TPSA) is 12.0 Å². The van der Waals surface area contributed by atoms with Gasteiger partial charge in [-0.05, 0) is 37.3 Å². The first-order valence-corrected chi connectivity index (χ1v) is 4.08. The van der Waals surface area contributed by atoms with Crippen molar-refractivity contribution in [2.24, 2.45) is 17.8 Å². The summed E-state index contributed by atoms with van der Waals surface area (Å²) in [6.45, 7) is 5.00. The van der Waals surface area contributed by atoms with E-state index in [-0.39, 0.29) is 0 Å². The number of nitrogens with one attached hydrogen (secondary N) is 1. The number of fused-ring (bicyclic) bond motifs is 1. The van der Waals surface area contributed by atoms with Gasteiger partial charge in [-0.15, -0.1) is 0 Å². The van der Waals surface area contributed by atoms with Crippen LogP contribution in [0.15, 0.2) is 0 Å². The van der Waals surface area contributed by atoms with E-state index in [2.05, 4.69) is 12.2 Å². The Hall–Kier alpha value is -0.0400. The van der Waals surface area contributed by atoms with E-state index in [4.69, 9.17) is 0 Å². The molecule has 0 aromatic carbocycles. The third-order valence-electron chi connectivity index (χ3n) is 3.12. The molecule has 1 N–H and O–H groups in total. The maximum Gasteiger partial charge on any atom is -0.00147 e. The zero-order valence-electron chi connectivity index (χ0n) is 6.06. The Morgan fingerprint density at radius 2 is 2.11 bits per heavy atom. The molecule has 3 atom stereocenters. The molecule has 1 heteroatoms. The predicted octanol–water partition coefficient (Wildman–Crippen LogP) is 1.25.